The quantitative estimate of drug-likeness (QED) is 0.584. The molecule has 0 spiro atoms. The van der Waals surface area contributed by atoms with E-state index in [1.807, 2.05) is 0 Å². The summed E-state index contributed by atoms with van der Waals surface area (Å²) in [6, 6.07) is 0. The maximum Gasteiger partial charge on any atom is -0.147 e. The summed E-state index contributed by atoms with van der Waals surface area (Å²) in [7, 11) is -0.991. The molecule has 0 saturated heterocycles. The first-order valence-electron chi connectivity index (χ1n) is 4.03. The van der Waals surface area contributed by atoms with Crippen LogP contribution < -0.4 is 0 Å². The van der Waals surface area contributed by atoms with Gasteiger partial charge in [0, 0.05) is 0 Å². The van der Waals surface area contributed by atoms with Crippen molar-refractivity contribution >= 4 is 32.9 Å². The van der Waals surface area contributed by atoms with Crippen LogP contribution in [-0.2, 0) is 24.4 Å². The summed E-state index contributed by atoms with van der Waals surface area (Å²) in [6.07, 6.45) is 3.72. The smallest absolute Gasteiger partial charge is 0.147 e. The largest absolute Gasteiger partial charge is 0.147 e. The van der Waals surface area contributed by atoms with Crippen molar-refractivity contribution < 1.29 is 24.4 Å². The molecule has 4 heteroatoms. The van der Waals surface area contributed by atoms with E-state index in [0.717, 1.165) is 0 Å². The fraction of sp³-hybridized carbons (Fsp3) is 0.556. The molecule has 13 heavy (non-hydrogen) atoms. The minimum atomic E-state index is -0.991. The normalized spacial score (nSPS) is 16.1. The Kier molecular flexibility index (Phi) is 7.51. The average molecular weight is 403 g/mol. The number of hydrogen-bond acceptors (Lipinski definition) is 0. The fourth-order valence-electron chi connectivity index (χ4n) is 1.43. The van der Waals surface area contributed by atoms with Crippen molar-refractivity contribution in [3.63, 3.8) is 0 Å². The molecule has 0 aromatic carbocycles. The van der Waals surface area contributed by atoms with E-state index in [1.165, 1.54) is 30.8 Å². The predicted octanol–water partition coefficient (Wildman–Crippen LogP) is 3.86. The third-order valence-corrected chi connectivity index (χ3v) is 6.54. The molecule has 0 radical (unpaired) electrons. The fourth-order valence-corrected chi connectivity index (χ4v) is 8.40. The number of hydrogen-bond donors (Lipinski definition) is 0. The molecule has 0 aromatic rings. The third kappa shape index (κ3) is 4.46. The Bertz CT molecular complexity index is 238. The number of halogens is 2. The number of rotatable bonds is 1. The summed E-state index contributed by atoms with van der Waals surface area (Å²) in [5.41, 5.74) is 1.58. The molecule has 0 saturated carbocycles. The summed E-state index contributed by atoms with van der Waals surface area (Å²) in [6.45, 7) is 9.57. The molecule has 0 heterocycles. The van der Waals surface area contributed by atoms with Gasteiger partial charge in [-0.1, -0.05) is 0 Å². The van der Waals surface area contributed by atoms with Crippen LogP contribution in [0.25, 0.3) is 0 Å². The summed E-state index contributed by atoms with van der Waals surface area (Å²) < 4.78 is 1.75. The van der Waals surface area contributed by atoms with Crippen LogP contribution in [0, 0.1) is 0 Å². The molecule has 0 bridgehead atoms. The average Bonchev–Trinajstić information content (AvgIpc) is 2.08. The van der Waals surface area contributed by atoms with E-state index in [-0.39, 0.29) is 24.8 Å². The van der Waals surface area contributed by atoms with Gasteiger partial charge in [-0.05, 0) is 0 Å². The first-order valence-corrected chi connectivity index (χ1v) is 9.33. The van der Waals surface area contributed by atoms with E-state index in [2.05, 4.69) is 32.6 Å². The van der Waals surface area contributed by atoms with Gasteiger partial charge in [0.05, 0.1) is 0 Å². The summed E-state index contributed by atoms with van der Waals surface area (Å²) >= 11 is 1.27. The van der Waals surface area contributed by atoms with E-state index in [4.69, 9.17) is 0 Å². The summed E-state index contributed by atoms with van der Waals surface area (Å²) in [5.74, 6) is 0. The minimum absolute atomic E-state index is 0. The van der Waals surface area contributed by atoms with Gasteiger partial charge in [0.15, 0.2) is 0 Å². The molecule has 1 aliphatic rings. The minimum Gasteiger partial charge on any atom is -0.147 e. The monoisotopic (exact) mass is 403 g/mol. The topological polar surface area (TPSA) is 0 Å². The zero-order valence-electron chi connectivity index (χ0n) is 8.60. The molecule has 0 N–H and O–H groups in total. The van der Waals surface area contributed by atoms with Gasteiger partial charge in [-0.15, -0.1) is 24.8 Å². The van der Waals surface area contributed by atoms with Crippen LogP contribution in [0.2, 0.25) is 19.6 Å². The molecule has 0 fully saturated rings. The van der Waals surface area contributed by atoms with Crippen molar-refractivity contribution in [3.8, 4) is 0 Å². The summed E-state index contributed by atoms with van der Waals surface area (Å²) in [4.78, 5) is 0. The maximum absolute atomic E-state index is 2.44. The number of allylic oxidation sites excluding steroid dienone is 4. The second-order valence-electron chi connectivity index (χ2n) is 4.31. The van der Waals surface area contributed by atoms with E-state index >= 15 is 0 Å². The van der Waals surface area contributed by atoms with Crippen molar-refractivity contribution in [2.24, 2.45) is 0 Å². The molecule has 0 aliphatic heterocycles. The van der Waals surface area contributed by atoms with E-state index in [9.17, 15) is 0 Å². The zero-order valence-corrected chi connectivity index (χ0v) is 14.8. The third-order valence-electron chi connectivity index (χ3n) is 1.98. The van der Waals surface area contributed by atoms with Gasteiger partial charge in [-0.3, -0.25) is 0 Å². The van der Waals surface area contributed by atoms with Gasteiger partial charge in [-0.25, -0.2) is 0 Å². The van der Waals surface area contributed by atoms with Crippen LogP contribution in [0.15, 0.2) is 20.2 Å². The SMILES string of the molecule is CC1=CC([Si](C)(C)C)=[C]([Hf])C1.Cl.Cl. The van der Waals surface area contributed by atoms with Gasteiger partial charge in [0.2, 0.25) is 0 Å². The van der Waals surface area contributed by atoms with E-state index in [1.54, 1.807) is 14.1 Å². The maximum atomic E-state index is 2.44. The Morgan fingerprint density at radius 1 is 1.23 bits per heavy atom. The van der Waals surface area contributed by atoms with Crippen molar-refractivity contribution in [2.45, 2.75) is 33.0 Å². The Morgan fingerprint density at radius 2 is 1.69 bits per heavy atom. The Morgan fingerprint density at radius 3 is 1.85 bits per heavy atom. The molecule has 1 rings (SSSR count). The van der Waals surface area contributed by atoms with Crippen LogP contribution in [0.3, 0.4) is 0 Å². The molecule has 0 amide bonds. The molecular weight excluding hydrogens is 386 g/mol. The second-order valence-corrected chi connectivity index (χ2v) is 11.5. The standard InChI is InChI=1S/C9H15Si.2ClH.Hf/c1-8-5-6-9(7-8)10(2,3)4;;;/h7H,5H2,1-4H3;2*1H;. The van der Waals surface area contributed by atoms with Gasteiger partial charge in [0.25, 0.3) is 0 Å². The van der Waals surface area contributed by atoms with Crippen LogP contribution in [0.4, 0.5) is 0 Å². The Balaban J connectivity index is 0. The van der Waals surface area contributed by atoms with Crippen molar-refractivity contribution in [1.29, 1.82) is 0 Å². The van der Waals surface area contributed by atoms with Gasteiger partial charge in [0.1, 0.15) is 0 Å². The first kappa shape index (κ1) is 16.6. The molecular formula is C9H17Cl2HfSi. The van der Waals surface area contributed by atoms with E-state index < -0.39 is 8.07 Å². The van der Waals surface area contributed by atoms with E-state index in [0.29, 0.717) is 0 Å². The van der Waals surface area contributed by atoms with Gasteiger partial charge < -0.3 is 0 Å². The predicted molar refractivity (Wildman–Crippen MR) is 63.2 cm³/mol. The van der Waals surface area contributed by atoms with Crippen molar-refractivity contribution in [2.75, 3.05) is 0 Å². The molecule has 0 atom stereocenters. The zero-order chi connectivity index (χ0) is 8.65. The van der Waals surface area contributed by atoms with Crippen LogP contribution in [0.1, 0.15) is 13.3 Å². The van der Waals surface area contributed by atoms with Crippen LogP contribution >= 0.6 is 24.8 Å². The summed E-state index contributed by atoms with van der Waals surface area (Å²) in [5, 5.41) is 1.74. The van der Waals surface area contributed by atoms with Crippen LogP contribution in [0.5, 0.6) is 0 Å². The molecule has 0 nitrogen and oxygen atoms in total. The van der Waals surface area contributed by atoms with Gasteiger partial charge in [-0.2, -0.15) is 0 Å². The molecule has 0 unspecified atom stereocenters. The molecule has 1 aliphatic carbocycles. The second kappa shape index (κ2) is 5.89. The molecule has 0 aromatic heterocycles. The van der Waals surface area contributed by atoms with Crippen LogP contribution in [-0.4, -0.2) is 8.07 Å². The van der Waals surface area contributed by atoms with Crippen molar-refractivity contribution in [1.82, 2.24) is 0 Å². The molecule has 75 valence electrons. The van der Waals surface area contributed by atoms with Crippen molar-refractivity contribution in [3.05, 3.63) is 20.2 Å². The Hall–Kier alpha value is 1.15. The Labute approximate surface area is 110 Å². The first-order chi connectivity index (χ1) is 4.91. The van der Waals surface area contributed by atoms with Gasteiger partial charge >= 0.3 is 85.6 Å².